The van der Waals surface area contributed by atoms with Gasteiger partial charge in [-0.3, -0.25) is 14.4 Å². The molecule has 0 fully saturated rings. The summed E-state index contributed by atoms with van der Waals surface area (Å²) in [6.45, 7) is 1.03. The Morgan fingerprint density at radius 3 is 2.00 bits per heavy atom. The van der Waals surface area contributed by atoms with Crippen LogP contribution in [0.4, 0.5) is 13.2 Å². The molecule has 0 aliphatic rings. The van der Waals surface area contributed by atoms with Gasteiger partial charge in [0.15, 0.2) is 0 Å². The summed E-state index contributed by atoms with van der Waals surface area (Å²) >= 11 is 0. The van der Waals surface area contributed by atoms with Crippen molar-refractivity contribution in [2.24, 2.45) is 0 Å². The minimum absolute atomic E-state index is 0.214. The number of halogens is 3. The van der Waals surface area contributed by atoms with Crippen LogP contribution in [0.15, 0.2) is 24.3 Å². The van der Waals surface area contributed by atoms with Crippen molar-refractivity contribution in [1.82, 2.24) is 16.0 Å². The second-order valence-corrected chi connectivity index (χ2v) is 4.98. The number of alkyl halides is 3. The molecule has 3 amide bonds. The van der Waals surface area contributed by atoms with Gasteiger partial charge in [-0.25, -0.2) is 0 Å². The van der Waals surface area contributed by atoms with Gasteiger partial charge in [-0.2, -0.15) is 13.2 Å². The first-order chi connectivity index (χ1) is 11.2. The third-order valence-electron chi connectivity index (χ3n) is 2.96. The van der Waals surface area contributed by atoms with E-state index in [1.165, 1.54) is 19.1 Å². The van der Waals surface area contributed by atoms with Crippen molar-refractivity contribution in [2.75, 3.05) is 19.6 Å². The summed E-state index contributed by atoms with van der Waals surface area (Å²) in [5.41, 5.74) is -0.0739. The Balaban J connectivity index is 2.26. The fraction of sp³-hybridized carbons (Fsp3) is 0.400. The maximum atomic E-state index is 12.4. The molecule has 1 aromatic rings. The Labute approximate surface area is 136 Å². The van der Waals surface area contributed by atoms with Crippen molar-refractivity contribution in [1.29, 1.82) is 0 Å². The summed E-state index contributed by atoms with van der Waals surface area (Å²) in [5.74, 6) is -1.28. The second kappa shape index (κ2) is 8.90. The fourth-order valence-corrected chi connectivity index (χ4v) is 1.72. The summed E-state index contributed by atoms with van der Waals surface area (Å²) in [4.78, 5) is 33.4. The van der Waals surface area contributed by atoms with Crippen molar-refractivity contribution in [3.8, 4) is 0 Å². The van der Waals surface area contributed by atoms with Crippen LogP contribution in [0.25, 0.3) is 0 Å². The van der Waals surface area contributed by atoms with Crippen LogP contribution < -0.4 is 16.0 Å². The molecule has 3 N–H and O–H groups in total. The van der Waals surface area contributed by atoms with Crippen LogP contribution in [0.3, 0.4) is 0 Å². The highest BCUT2D eigenvalue weighted by molar-refractivity contribution is 5.87. The predicted octanol–water partition coefficient (Wildman–Crippen LogP) is 0.616. The topological polar surface area (TPSA) is 87.3 Å². The van der Waals surface area contributed by atoms with E-state index >= 15 is 0 Å². The molecular weight excluding hydrogens is 327 g/mol. The van der Waals surface area contributed by atoms with Crippen LogP contribution in [-0.2, 0) is 27.0 Å². The van der Waals surface area contributed by atoms with Gasteiger partial charge in [0.05, 0.1) is 18.7 Å². The molecule has 1 rings (SSSR count). The molecule has 9 heteroatoms. The van der Waals surface area contributed by atoms with E-state index in [4.69, 9.17) is 0 Å². The molecule has 6 nitrogen and oxygen atoms in total. The third kappa shape index (κ3) is 7.61. The predicted molar refractivity (Wildman–Crippen MR) is 79.9 cm³/mol. The van der Waals surface area contributed by atoms with Gasteiger partial charge < -0.3 is 16.0 Å². The molecule has 0 saturated carbocycles. The van der Waals surface area contributed by atoms with Crippen LogP contribution in [0, 0.1) is 0 Å². The molecule has 0 atom stereocenters. The zero-order valence-corrected chi connectivity index (χ0v) is 13.0. The Kier molecular flexibility index (Phi) is 7.22. The van der Waals surface area contributed by atoms with Crippen LogP contribution in [0.1, 0.15) is 18.1 Å². The standard InChI is InChI=1S/C15H18F3N3O3/c1-10(22)20-8-14(24)21-9-13(23)19-7-6-11-2-4-12(5-3-11)15(16,17)18/h2-5H,6-9H2,1H3,(H,19,23)(H,20,22)(H,21,24). The highest BCUT2D eigenvalue weighted by atomic mass is 19.4. The highest BCUT2D eigenvalue weighted by Crippen LogP contribution is 2.29. The van der Waals surface area contributed by atoms with Gasteiger partial charge in [-0.1, -0.05) is 12.1 Å². The number of hydrogen-bond acceptors (Lipinski definition) is 3. The van der Waals surface area contributed by atoms with Crippen molar-refractivity contribution in [3.63, 3.8) is 0 Å². The fourth-order valence-electron chi connectivity index (χ4n) is 1.72. The van der Waals surface area contributed by atoms with Gasteiger partial charge >= 0.3 is 6.18 Å². The van der Waals surface area contributed by atoms with E-state index in [0.29, 0.717) is 12.0 Å². The lowest BCUT2D eigenvalue weighted by atomic mass is 10.1. The average Bonchev–Trinajstić information content (AvgIpc) is 2.50. The molecule has 0 saturated heterocycles. The molecular formula is C15H18F3N3O3. The molecule has 0 unspecified atom stereocenters. The lowest BCUT2D eigenvalue weighted by Gasteiger charge is -2.09. The number of benzene rings is 1. The maximum Gasteiger partial charge on any atom is 0.416 e. The van der Waals surface area contributed by atoms with Gasteiger partial charge in [-0.15, -0.1) is 0 Å². The van der Waals surface area contributed by atoms with Crippen LogP contribution in [0.2, 0.25) is 0 Å². The van der Waals surface area contributed by atoms with Crippen molar-refractivity contribution >= 4 is 17.7 Å². The smallest absolute Gasteiger partial charge is 0.354 e. The van der Waals surface area contributed by atoms with E-state index in [0.717, 1.165) is 12.1 Å². The van der Waals surface area contributed by atoms with Gasteiger partial charge in [0.1, 0.15) is 0 Å². The average molecular weight is 345 g/mol. The van der Waals surface area contributed by atoms with Crippen LogP contribution in [0.5, 0.6) is 0 Å². The first-order valence-electron chi connectivity index (χ1n) is 7.12. The molecule has 0 spiro atoms. The Morgan fingerprint density at radius 2 is 1.46 bits per heavy atom. The highest BCUT2D eigenvalue weighted by Gasteiger charge is 2.29. The molecule has 0 heterocycles. The molecule has 0 radical (unpaired) electrons. The van der Waals surface area contributed by atoms with E-state index in [1.807, 2.05) is 0 Å². The van der Waals surface area contributed by atoms with Gasteiger partial charge in [0, 0.05) is 13.5 Å². The van der Waals surface area contributed by atoms with Gasteiger partial charge in [-0.05, 0) is 24.1 Å². The molecule has 0 aliphatic heterocycles. The zero-order chi connectivity index (χ0) is 18.2. The van der Waals surface area contributed by atoms with Crippen LogP contribution in [-0.4, -0.2) is 37.4 Å². The number of amides is 3. The molecule has 24 heavy (non-hydrogen) atoms. The molecule has 0 aromatic heterocycles. The van der Waals surface area contributed by atoms with E-state index < -0.39 is 23.6 Å². The van der Waals surface area contributed by atoms with E-state index in [2.05, 4.69) is 16.0 Å². The third-order valence-corrected chi connectivity index (χ3v) is 2.96. The summed E-state index contributed by atoms with van der Waals surface area (Å²) in [6.07, 6.45) is -4.01. The van der Waals surface area contributed by atoms with Crippen molar-refractivity contribution < 1.29 is 27.6 Å². The normalized spacial score (nSPS) is 10.8. The number of hydrogen-bond donors (Lipinski definition) is 3. The SMILES string of the molecule is CC(=O)NCC(=O)NCC(=O)NCCc1ccc(C(F)(F)F)cc1. The monoisotopic (exact) mass is 345 g/mol. The summed E-state index contributed by atoms with van der Waals surface area (Å²) in [6, 6.07) is 4.67. The minimum Gasteiger partial charge on any atom is -0.354 e. The summed E-state index contributed by atoms with van der Waals surface area (Å²) in [5, 5.41) is 7.14. The zero-order valence-electron chi connectivity index (χ0n) is 13.0. The van der Waals surface area contributed by atoms with Gasteiger partial charge in [0.25, 0.3) is 0 Å². The first-order valence-corrected chi connectivity index (χ1v) is 7.12. The molecule has 1 aromatic carbocycles. The van der Waals surface area contributed by atoms with E-state index in [1.54, 1.807) is 0 Å². The number of nitrogens with one attached hydrogen (secondary N) is 3. The van der Waals surface area contributed by atoms with E-state index in [-0.39, 0.29) is 25.5 Å². The lowest BCUT2D eigenvalue weighted by Crippen LogP contribution is -2.41. The maximum absolute atomic E-state index is 12.4. The summed E-state index contributed by atoms with van der Waals surface area (Å²) < 4.78 is 37.2. The second-order valence-electron chi connectivity index (χ2n) is 4.98. The largest absolute Gasteiger partial charge is 0.416 e. The molecule has 0 aliphatic carbocycles. The van der Waals surface area contributed by atoms with Crippen LogP contribution >= 0.6 is 0 Å². The number of carbonyl (C=O) groups excluding carboxylic acids is 3. The van der Waals surface area contributed by atoms with E-state index in [9.17, 15) is 27.6 Å². The number of rotatable bonds is 7. The Morgan fingerprint density at radius 1 is 0.917 bits per heavy atom. The quantitative estimate of drug-likeness (QED) is 0.677. The Hall–Kier alpha value is -2.58. The molecule has 0 bridgehead atoms. The first kappa shape index (κ1) is 19.5. The number of carbonyl (C=O) groups is 3. The van der Waals surface area contributed by atoms with Gasteiger partial charge in [0.2, 0.25) is 17.7 Å². The van der Waals surface area contributed by atoms with Crippen molar-refractivity contribution in [3.05, 3.63) is 35.4 Å². The minimum atomic E-state index is -4.37. The lowest BCUT2D eigenvalue weighted by molar-refractivity contribution is -0.137. The summed E-state index contributed by atoms with van der Waals surface area (Å²) in [7, 11) is 0. The van der Waals surface area contributed by atoms with Crippen molar-refractivity contribution in [2.45, 2.75) is 19.5 Å². The molecule has 132 valence electrons. The Bertz CT molecular complexity index is 586.